The fourth-order valence-corrected chi connectivity index (χ4v) is 1.86. The lowest BCUT2D eigenvalue weighted by Gasteiger charge is -2.14. The summed E-state index contributed by atoms with van der Waals surface area (Å²) in [6.07, 6.45) is 5.92. The lowest BCUT2D eigenvalue weighted by atomic mass is 10.0. The fraction of sp³-hybridized carbons (Fsp3) is 0.692. The first-order chi connectivity index (χ1) is 8.60. The molecule has 0 fully saturated rings. The number of aryl methyl sites for hydroxylation is 1. The molecule has 1 atom stereocenters. The monoisotopic (exact) mass is 253 g/mol. The number of aromatic nitrogens is 2. The summed E-state index contributed by atoms with van der Waals surface area (Å²) in [5, 5.41) is 3.92. The second-order valence-corrected chi connectivity index (χ2v) is 4.59. The van der Waals surface area contributed by atoms with E-state index in [2.05, 4.69) is 18.9 Å². The SMILES string of the molecule is CCCCC(CC)COC(=O)c1c(N)cnn1C. The first-order valence-electron chi connectivity index (χ1n) is 6.54. The smallest absolute Gasteiger partial charge is 0.358 e. The van der Waals surface area contributed by atoms with Crippen molar-refractivity contribution in [3.05, 3.63) is 11.9 Å². The summed E-state index contributed by atoms with van der Waals surface area (Å²) < 4.78 is 6.77. The van der Waals surface area contributed by atoms with E-state index in [0.29, 0.717) is 23.9 Å². The molecule has 0 spiro atoms. The molecular formula is C13H23N3O2. The molecule has 1 unspecified atom stereocenters. The summed E-state index contributed by atoms with van der Waals surface area (Å²) >= 11 is 0. The average molecular weight is 253 g/mol. The number of anilines is 1. The Morgan fingerprint density at radius 2 is 2.28 bits per heavy atom. The average Bonchev–Trinajstić information content (AvgIpc) is 2.69. The molecule has 102 valence electrons. The standard InChI is InChI=1S/C13H23N3O2/c1-4-6-7-10(5-2)9-18-13(17)12-11(14)8-15-16(12)3/h8,10H,4-7,9,14H2,1-3H3. The number of esters is 1. The third-order valence-corrected chi connectivity index (χ3v) is 3.15. The van der Waals surface area contributed by atoms with Gasteiger partial charge in [-0.05, 0) is 12.3 Å². The first kappa shape index (κ1) is 14.5. The first-order valence-corrected chi connectivity index (χ1v) is 6.54. The zero-order valence-corrected chi connectivity index (χ0v) is 11.5. The van der Waals surface area contributed by atoms with Crippen LogP contribution in [0.3, 0.4) is 0 Å². The Morgan fingerprint density at radius 1 is 1.56 bits per heavy atom. The minimum Gasteiger partial charge on any atom is -0.461 e. The van der Waals surface area contributed by atoms with Gasteiger partial charge in [0, 0.05) is 7.05 Å². The highest BCUT2D eigenvalue weighted by molar-refractivity contribution is 5.92. The Morgan fingerprint density at radius 3 is 2.78 bits per heavy atom. The molecule has 0 bridgehead atoms. The van der Waals surface area contributed by atoms with Gasteiger partial charge < -0.3 is 10.5 Å². The van der Waals surface area contributed by atoms with E-state index in [1.54, 1.807) is 7.05 Å². The molecule has 5 heteroatoms. The van der Waals surface area contributed by atoms with Crippen LogP contribution in [-0.4, -0.2) is 22.4 Å². The maximum atomic E-state index is 11.9. The third kappa shape index (κ3) is 3.75. The van der Waals surface area contributed by atoms with Crippen LogP contribution < -0.4 is 5.73 Å². The minimum atomic E-state index is -0.387. The number of unbranched alkanes of at least 4 members (excludes halogenated alkanes) is 1. The Hall–Kier alpha value is -1.52. The second kappa shape index (κ2) is 7.03. The van der Waals surface area contributed by atoms with Crippen LogP contribution in [0.15, 0.2) is 6.20 Å². The number of rotatable bonds is 7. The Kier molecular flexibility index (Phi) is 5.68. The van der Waals surface area contributed by atoms with E-state index in [1.165, 1.54) is 23.7 Å². The Bertz CT molecular complexity index is 368. The van der Waals surface area contributed by atoms with Crippen LogP contribution in [0.1, 0.15) is 50.0 Å². The number of hydrogen-bond donors (Lipinski definition) is 1. The van der Waals surface area contributed by atoms with Crippen LogP contribution in [0.4, 0.5) is 5.69 Å². The van der Waals surface area contributed by atoms with Crippen LogP contribution >= 0.6 is 0 Å². The van der Waals surface area contributed by atoms with Crippen LogP contribution in [0.5, 0.6) is 0 Å². The zero-order chi connectivity index (χ0) is 13.5. The van der Waals surface area contributed by atoms with Crippen molar-refractivity contribution >= 4 is 11.7 Å². The Balaban J connectivity index is 2.50. The van der Waals surface area contributed by atoms with Crippen molar-refractivity contribution in [1.82, 2.24) is 9.78 Å². The zero-order valence-electron chi connectivity index (χ0n) is 11.5. The summed E-state index contributed by atoms with van der Waals surface area (Å²) in [5.74, 6) is 0.0470. The molecule has 0 aliphatic carbocycles. The van der Waals surface area contributed by atoms with Gasteiger partial charge in [0.25, 0.3) is 0 Å². The van der Waals surface area contributed by atoms with E-state index in [9.17, 15) is 4.79 Å². The maximum absolute atomic E-state index is 11.9. The van der Waals surface area contributed by atoms with Crippen molar-refractivity contribution in [3.63, 3.8) is 0 Å². The third-order valence-electron chi connectivity index (χ3n) is 3.15. The molecule has 0 saturated carbocycles. The van der Waals surface area contributed by atoms with E-state index < -0.39 is 0 Å². The van der Waals surface area contributed by atoms with Crippen molar-refractivity contribution in [1.29, 1.82) is 0 Å². The van der Waals surface area contributed by atoms with E-state index >= 15 is 0 Å². The van der Waals surface area contributed by atoms with Gasteiger partial charge in [0.1, 0.15) is 0 Å². The maximum Gasteiger partial charge on any atom is 0.358 e. The predicted molar refractivity (Wildman–Crippen MR) is 71.2 cm³/mol. The number of carbonyl (C=O) groups is 1. The van der Waals surface area contributed by atoms with Gasteiger partial charge in [0.05, 0.1) is 18.5 Å². The molecule has 5 nitrogen and oxygen atoms in total. The van der Waals surface area contributed by atoms with E-state index in [4.69, 9.17) is 10.5 Å². The molecule has 2 N–H and O–H groups in total. The summed E-state index contributed by atoms with van der Waals surface area (Å²) in [7, 11) is 1.68. The minimum absolute atomic E-state index is 0.334. The van der Waals surface area contributed by atoms with Gasteiger partial charge in [-0.2, -0.15) is 5.10 Å². The highest BCUT2D eigenvalue weighted by atomic mass is 16.5. The number of nitrogen functional groups attached to an aromatic ring is 1. The van der Waals surface area contributed by atoms with Crippen LogP contribution in [0, 0.1) is 5.92 Å². The number of hydrogen-bond acceptors (Lipinski definition) is 4. The van der Waals surface area contributed by atoms with Gasteiger partial charge in [-0.1, -0.05) is 33.1 Å². The molecule has 0 saturated heterocycles. The summed E-state index contributed by atoms with van der Waals surface area (Å²) in [6.45, 7) is 4.74. The summed E-state index contributed by atoms with van der Waals surface area (Å²) in [6, 6.07) is 0. The largest absolute Gasteiger partial charge is 0.461 e. The van der Waals surface area contributed by atoms with Crippen molar-refractivity contribution in [2.24, 2.45) is 13.0 Å². The molecule has 0 radical (unpaired) electrons. The molecule has 0 aromatic carbocycles. The lowest BCUT2D eigenvalue weighted by Crippen LogP contribution is -2.17. The highest BCUT2D eigenvalue weighted by Crippen LogP contribution is 2.15. The molecular weight excluding hydrogens is 230 g/mol. The predicted octanol–water partition coefficient (Wildman–Crippen LogP) is 2.38. The van der Waals surface area contributed by atoms with Gasteiger partial charge in [-0.3, -0.25) is 4.68 Å². The van der Waals surface area contributed by atoms with Gasteiger partial charge >= 0.3 is 5.97 Å². The van der Waals surface area contributed by atoms with Crippen molar-refractivity contribution in [2.75, 3.05) is 12.3 Å². The number of nitrogens with zero attached hydrogens (tertiary/aromatic N) is 2. The lowest BCUT2D eigenvalue weighted by molar-refractivity contribution is 0.0417. The van der Waals surface area contributed by atoms with Crippen molar-refractivity contribution in [2.45, 2.75) is 39.5 Å². The number of ether oxygens (including phenoxy) is 1. The van der Waals surface area contributed by atoms with Crippen molar-refractivity contribution in [3.8, 4) is 0 Å². The van der Waals surface area contributed by atoms with Gasteiger partial charge in [-0.15, -0.1) is 0 Å². The second-order valence-electron chi connectivity index (χ2n) is 4.59. The molecule has 0 amide bonds. The fourth-order valence-electron chi connectivity index (χ4n) is 1.86. The number of nitrogens with two attached hydrogens (primary N) is 1. The molecule has 0 aliphatic rings. The quantitative estimate of drug-likeness (QED) is 0.757. The summed E-state index contributed by atoms with van der Waals surface area (Å²) in [5.41, 5.74) is 6.38. The van der Waals surface area contributed by atoms with Crippen LogP contribution in [-0.2, 0) is 11.8 Å². The molecule has 1 rings (SSSR count). The topological polar surface area (TPSA) is 70.1 Å². The normalized spacial score (nSPS) is 12.4. The van der Waals surface area contributed by atoms with E-state index in [1.807, 2.05) is 0 Å². The molecule has 1 aromatic heterocycles. The highest BCUT2D eigenvalue weighted by Gasteiger charge is 2.18. The number of carbonyl (C=O) groups excluding carboxylic acids is 1. The molecule has 1 heterocycles. The van der Waals surface area contributed by atoms with Gasteiger partial charge in [-0.25, -0.2) is 4.79 Å². The molecule has 0 aliphatic heterocycles. The molecule has 1 aromatic rings. The van der Waals surface area contributed by atoms with Gasteiger partial charge in [0.15, 0.2) is 5.69 Å². The molecule has 18 heavy (non-hydrogen) atoms. The van der Waals surface area contributed by atoms with E-state index in [0.717, 1.165) is 12.8 Å². The van der Waals surface area contributed by atoms with Gasteiger partial charge in [0.2, 0.25) is 0 Å². The summed E-state index contributed by atoms with van der Waals surface area (Å²) in [4.78, 5) is 11.9. The van der Waals surface area contributed by atoms with Crippen molar-refractivity contribution < 1.29 is 9.53 Å². The van der Waals surface area contributed by atoms with E-state index in [-0.39, 0.29) is 5.97 Å². The Labute approximate surface area is 108 Å². The van der Waals surface area contributed by atoms with Crippen LogP contribution in [0.25, 0.3) is 0 Å². The van der Waals surface area contributed by atoms with Crippen LogP contribution in [0.2, 0.25) is 0 Å².